The van der Waals surface area contributed by atoms with E-state index in [4.69, 9.17) is 9.47 Å². The zero-order chi connectivity index (χ0) is 25.8. The molecular formula is C28H36F3NO3. The van der Waals surface area contributed by atoms with Gasteiger partial charge in [-0.3, -0.25) is 4.79 Å². The van der Waals surface area contributed by atoms with E-state index < -0.39 is 30.2 Å². The van der Waals surface area contributed by atoms with Crippen molar-refractivity contribution >= 4 is 11.7 Å². The van der Waals surface area contributed by atoms with Crippen LogP contribution in [0.2, 0.25) is 0 Å². The number of hydrogen-bond acceptors (Lipinski definition) is 4. The van der Waals surface area contributed by atoms with Crippen molar-refractivity contribution in [2.24, 2.45) is 17.8 Å². The Bertz CT molecular complexity index is 960. The first kappa shape index (κ1) is 26.9. The summed E-state index contributed by atoms with van der Waals surface area (Å²) in [5.41, 5.74) is 1.09. The van der Waals surface area contributed by atoms with E-state index in [9.17, 15) is 18.0 Å². The Kier molecular flexibility index (Phi) is 8.39. The maximum absolute atomic E-state index is 14.0. The van der Waals surface area contributed by atoms with Crippen LogP contribution in [0.25, 0.3) is 0 Å². The van der Waals surface area contributed by atoms with E-state index >= 15 is 0 Å². The van der Waals surface area contributed by atoms with Gasteiger partial charge in [-0.15, -0.1) is 0 Å². The molecule has 1 fully saturated rings. The molecule has 35 heavy (non-hydrogen) atoms. The molecule has 0 radical (unpaired) electrons. The van der Waals surface area contributed by atoms with Crippen molar-refractivity contribution < 1.29 is 27.4 Å². The van der Waals surface area contributed by atoms with Crippen molar-refractivity contribution in [1.82, 2.24) is 0 Å². The molecule has 0 unspecified atom stereocenters. The number of anilines is 1. The molecule has 1 saturated carbocycles. The van der Waals surface area contributed by atoms with E-state index in [1.807, 2.05) is 18.2 Å². The van der Waals surface area contributed by atoms with Crippen LogP contribution in [-0.4, -0.2) is 31.4 Å². The predicted molar refractivity (Wildman–Crippen MR) is 131 cm³/mol. The van der Waals surface area contributed by atoms with Gasteiger partial charge in [0.05, 0.1) is 13.0 Å². The number of esters is 1. The second-order valence-electron chi connectivity index (χ2n) is 10.3. The molecular weight excluding hydrogens is 455 g/mol. The first-order chi connectivity index (χ1) is 16.4. The number of halogens is 3. The third-order valence-electron chi connectivity index (χ3n) is 7.40. The van der Waals surface area contributed by atoms with Crippen LogP contribution in [0, 0.1) is 17.8 Å². The van der Waals surface area contributed by atoms with Crippen LogP contribution in [0.1, 0.15) is 52.5 Å². The summed E-state index contributed by atoms with van der Waals surface area (Å²) in [5, 5.41) is 2.48. The Morgan fingerprint density at radius 3 is 2.23 bits per heavy atom. The van der Waals surface area contributed by atoms with Gasteiger partial charge in [0.1, 0.15) is 17.9 Å². The minimum atomic E-state index is -4.64. The molecule has 0 bridgehead atoms. The number of carbonyl (C=O) groups is 1. The molecule has 0 amide bonds. The Morgan fingerprint density at radius 2 is 1.66 bits per heavy atom. The lowest BCUT2D eigenvalue weighted by Gasteiger charge is -2.44. The Morgan fingerprint density at radius 1 is 1.03 bits per heavy atom. The van der Waals surface area contributed by atoms with Crippen molar-refractivity contribution in [1.29, 1.82) is 0 Å². The normalized spacial score (nSPS) is 22.7. The highest BCUT2D eigenvalue weighted by Crippen LogP contribution is 2.44. The van der Waals surface area contributed by atoms with Gasteiger partial charge < -0.3 is 14.8 Å². The number of carbonyl (C=O) groups excluding carboxylic acids is 1. The molecule has 4 nitrogen and oxygen atoms in total. The quantitative estimate of drug-likeness (QED) is 0.404. The fraction of sp³-hybridized carbons (Fsp3) is 0.536. The van der Waals surface area contributed by atoms with Gasteiger partial charge in [0.2, 0.25) is 0 Å². The zero-order valence-corrected chi connectivity index (χ0v) is 21.1. The van der Waals surface area contributed by atoms with Crippen molar-refractivity contribution in [3.8, 4) is 5.75 Å². The number of alkyl halides is 3. The van der Waals surface area contributed by atoms with Crippen LogP contribution in [0.15, 0.2) is 54.6 Å². The largest absolute Gasteiger partial charge is 0.497 e. The average Bonchev–Trinajstić information content (AvgIpc) is 2.82. The number of hydrogen-bond donors (Lipinski definition) is 1. The first-order valence-electron chi connectivity index (χ1n) is 12.2. The smallest absolute Gasteiger partial charge is 0.409 e. The van der Waals surface area contributed by atoms with E-state index in [-0.39, 0.29) is 17.0 Å². The van der Waals surface area contributed by atoms with Crippen LogP contribution in [0.3, 0.4) is 0 Å². The standard InChI is InChI=1S/C28H36F3NO3/c1-18-11-16-23(27(3,4)20-9-7-6-8-10-20)24(17-18)35-26(33)19(2)25(28(29,30)31)32-21-12-14-22(34-5)15-13-21/h6-10,12-15,18-19,23-25,32H,11,16-17H2,1-5H3/t18-,19+,23-,24-,25+/m1/s1. The molecule has 192 valence electrons. The molecule has 0 saturated heterocycles. The molecule has 1 N–H and O–H groups in total. The highest BCUT2D eigenvalue weighted by molar-refractivity contribution is 5.74. The minimum Gasteiger partial charge on any atom is -0.497 e. The van der Waals surface area contributed by atoms with E-state index in [1.165, 1.54) is 26.2 Å². The van der Waals surface area contributed by atoms with Crippen molar-refractivity contribution in [2.45, 2.75) is 70.7 Å². The van der Waals surface area contributed by atoms with Crippen molar-refractivity contribution in [3.05, 3.63) is 60.2 Å². The number of nitrogens with one attached hydrogen (secondary N) is 1. The topological polar surface area (TPSA) is 47.6 Å². The second kappa shape index (κ2) is 10.9. The summed E-state index contributed by atoms with van der Waals surface area (Å²) in [6, 6.07) is 14.1. The van der Waals surface area contributed by atoms with Gasteiger partial charge >= 0.3 is 12.1 Å². The van der Waals surface area contributed by atoms with E-state index in [1.54, 1.807) is 12.1 Å². The van der Waals surface area contributed by atoms with Gasteiger partial charge in [-0.1, -0.05) is 57.5 Å². The highest BCUT2D eigenvalue weighted by atomic mass is 19.4. The SMILES string of the molecule is COc1ccc(N[C@@H]([C@H](C)C(=O)O[C@@H]2C[C@H](C)CC[C@H]2C(C)(C)c2ccccc2)C(F)(F)F)cc1. The molecule has 0 aromatic heterocycles. The van der Waals surface area contributed by atoms with E-state index in [2.05, 4.69) is 38.2 Å². The fourth-order valence-electron chi connectivity index (χ4n) is 5.12. The van der Waals surface area contributed by atoms with E-state index in [0.717, 1.165) is 18.4 Å². The van der Waals surface area contributed by atoms with Crippen molar-refractivity contribution in [2.75, 3.05) is 12.4 Å². The van der Waals surface area contributed by atoms with Gasteiger partial charge in [0, 0.05) is 11.6 Å². The molecule has 7 heteroatoms. The molecule has 0 aliphatic heterocycles. The number of rotatable bonds is 8. The summed E-state index contributed by atoms with van der Waals surface area (Å²) >= 11 is 0. The van der Waals surface area contributed by atoms with Crippen LogP contribution < -0.4 is 10.1 Å². The summed E-state index contributed by atoms with van der Waals surface area (Å²) in [7, 11) is 1.48. The molecule has 1 aliphatic rings. The molecule has 2 aromatic rings. The highest BCUT2D eigenvalue weighted by Gasteiger charge is 2.48. The Balaban J connectivity index is 1.79. The lowest BCUT2D eigenvalue weighted by Crippen LogP contribution is -2.48. The monoisotopic (exact) mass is 491 g/mol. The summed E-state index contributed by atoms with van der Waals surface area (Å²) in [6.07, 6.45) is -2.60. The Hall–Kier alpha value is -2.70. The molecule has 0 spiro atoms. The zero-order valence-electron chi connectivity index (χ0n) is 21.1. The van der Waals surface area contributed by atoms with Crippen LogP contribution in [0.4, 0.5) is 18.9 Å². The lowest BCUT2D eigenvalue weighted by atomic mass is 9.64. The molecule has 0 heterocycles. The summed E-state index contributed by atoms with van der Waals surface area (Å²) < 4.78 is 52.9. The molecule has 2 aromatic carbocycles. The maximum Gasteiger partial charge on any atom is 0.409 e. The maximum atomic E-state index is 14.0. The van der Waals surface area contributed by atoms with E-state index in [0.29, 0.717) is 18.1 Å². The molecule has 5 atom stereocenters. The van der Waals surface area contributed by atoms with Gasteiger partial charge in [0.25, 0.3) is 0 Å². The summed E-state index contributed by atoms with van der Waals surface area (Å²) in [5.74, 6) is -1.38. The van der Waals surface area contributed by atoms with Crippen molar-refractivity contribution in [3.63, 3.8) is 0 Å². The van der Waals surface area contributed by atoms with Crippen LogP contribution in [-0.2, 0) is 14.9 Å². The second-order valence-corrected chi connectivity index (χ2v) is 10.3. The number of ether oxygens (including phenoxy) is 2. The van der Waals surface area contributed by atoms with Gasteiger partial charge in [-0.05, 0) is 60.9 Å². The summed E-state index contributed by atoms with van der Waals surface area (Å²) in [4.78, 5) is 13.1. The third-order valence-corrected chi connectivity index (χ3v) is 7.40. The predicted octanol–water partition coefficient (Wildman–Crippen LogP) is 7.00. The number of methoxy groups -OCH3 is 1. The third kappa shape index (κ3) is 6.50. The van der Waals surface area contributed by atoms with Gasteiger partial charge in [-0.25, -0.2) is 0 Å². The van der Waals surface area contributed by atoms with Gasteiger partial charge in [-0.2, -0.15) is 13.2 Å². The fourth-order valence-corrected chi connectivity index (χ4v) is 5.12. The van der Waals surface area contributed by atoms with Crippen LogP contribution >= 0.6 is 0 Å². The summed E-state index contributed by atoms with van der Waals surface area (Å²) in [6.45, 7) is 7.62. The molecule has 1 aliphatic carbocycles. The van der Waals surface area contributed by atoms with Crippen LogP contribution in [0.5, 0.6) is 5.75 Å². The average molecular weight is 492 g/mol. The Labute approximate surface area is 206 Å². The number of benzene rings is 2. The first-order valence-corrected chi connectivity index (χ1v) is 12.2. The molecule has 3 rings (SSSR count). The lowest BCUT2D eigenvalue weighted by molar-refractivity contribution is -0.179. The van der Waals surface area contributed by atoms with Gasteiger partial charge in [0.15, 0.2) is 0 Å². The minimum absolute atomic E-state index is 0.0103.